The van der Waals surface area contributed by atoms with Crippen molar-refractivity contribution in [1.29, 1.82) is 0 Å². The zero-order chi connectivity index (χ0) is 12.5. The molecule has 0 radical (unpaired) electrons. The fourth-order valence-electron chi connectivity index (χ4n) is 3.47. The molecular formula is C12H15ClO4. The normalized spacial score (nSPS) is 48.7. The van der Waals surface area contributed by atoms with Crippen LogP contribution in [0.15, 0.2) is 12.2 Å². The van der Waals surface area contributed by atoms with Gasteiger partial charge in [-0.1, -0.05) is 0 Å². The maximum absolute atomic E-state index is 12.1. The van der Waals surface area contributed by atoms with Crippen molar-refractivity contribution in [3.05, 3.63) is 12.2 Å². The highest BCUT2D eigenvalue weighted by molar-refractivity contribution is 6.36. The summed E-state index contributed by atoms with van der Waals surface area (Å²) in [7, 11) is 2.93. The zero-order valence-electron chi connectivity index (χ0n) is 10.1. The van der Waals surface area contributed by atoms with Crippen LogP contribution in [-0.4, -0.2) is 36.5 Å². The van der Waals surface area contributed by atoms with Crippen molar-refractivity contribution < 1.29 is 19.0 Å². The molecular weight excluding hydrogens is 244 g/mol. The molecule has 2 fully saturated rings. The molecule has 4 nitrogen and oxygen atoms in total. The Balaban J connectivity index is 2.19. The van der Waals surface area contributed by atoms with Crippen LogP contribution in [0.5, 0.6) is 0 Å². The molecule has 0 amide bonds. The van der Waals surface area contributed by atoms with E-state index in [1.54, 1.807) is 14.0 Å². The maximum atomic E-state index is 12.1. The molecule has 5 heteroatoms. The molecule has 0 N–H and O–H groups in total. The third-order valence-electron chi connectivity index (χ3n) is 4.51. The number of carbonyl (C=O) groups excluding carboxylic acids is 1. The number of methoxy groups -OCH3 is 2. The number of ether oxygens (including phenoxy) is 3. The summed E-state index contributed by atoms with van der Waals surface area (Å²) in [6, 6.07) is 0. The van der Waals surface area contributed by atoms with Crippen LogP contribution in [-0.2, 0) is 19.0 Å². The van der Waals surface area contributed by atoms with Gasteiger partial charge < -0.3 is 14.2 Å². The molecule has 0 aromatic rings. The third kappa shape index (κ3) is 0.904. The molecule has 1 saturated carbocycles. The van der Waals surface area contributed by atoms with Crippen molar-refractivity contribution >= 4 is 17.6 Å². The lowest BCUT2D eigenvalue weighted by molar-refractivity contribution is -0.201. The molecule has 1 aliphatic carbocycles. The number of carbonyl (C=O) groups is 1. The van der Waals surface area contributed by atoms with Gasteiger partial charge in [0.1, 0.15) is 5.60 Å². The minimum Gasteiger partial charge on any atom is -0.468 e. The standard InChI is InChI=1S/C12H15ClO4/c1-9-4-7-11(16-3,17-9)10(5-6-10)12(9,13)8(14)15-2/h4,7H,5-6H2,1-3H3/t9-,11+,12-/m0/s1. The second-order valence-corrected chi connectivity index (χ2v) is 5.71. The smallest absolute Gasteiger partial charge is 0.331 e. The molecule has 0 unspecified atom stereocenters. The second-order valence-electron chi connectivity index (χ2n) is 5.15. The largest absolute Gasteiger partial charge is 0.468 e. The van der Waals surface area contributed by atoms with E-state index < -0.39 is 27.6 Å². The van der Waals surface area contributed by atoms with E-state index in [0.717, 1.165) is 12.8 Å². The molecule has 3 atom stereocenters. The van der Waals surface area contributed by atoms with Crippen molar-refractivity contribution in [2.24, 2.45) is 5.41 Å². The fourth-order valence-corrected chi connectivity index (χ4v) is 3.97. The Kier molecular flexibility index (Phi) is 1.94. The topological polar surface area (TPSA) is 44.8 Å². The van der Waals surface area contributed by atoms with E-state index in [-0.39, 0.29) is 0 Å². The summed E-state index contributed by atoms with van der Waals surface area (Å²) in [6.07, 6.45) is 5.30. The van der Waals surface area contributed by atoms with E-state index in [2.05, 4.69) is 0 Å². The summed E-state index contributed by atoms with van der Waals surface area (Å²) in [4.78, 5) is 10.9. The maximum Gasteiger partial charge on any atom is 0.331 e. The second kappa shape index (κ2) is 2.87. The van der Waals surface area contributed by atoms with E-state index in [1.807, 2.05) is 12.2 Å². The zero-order valence-corrected chi connectivity index (χ0v) is 10.8. The molecule has 1 saturated heterocycles. The summed E-state index contributed by atoms with van der Waals surface area (Å²) in [6.45, 7) is 1.81. The molecule has 2 bridgehead atoms. The Morgan fingerprint density at radius 3 is 2.47 bits per heavy atom. The van der Waals surface area contributed by atoms with E-state index in [0.29, 0.717) is 0 Å². The van der Waals surface area contributed by atoms with Crippen molar-refractivity contribution in [1.82, 2.24) is 0 Å². The van der Waals surface area contributed by atoms with Crippen molar-refractivity contribution in [2.75, 3.05) is 14.2 Å². The van der Waals surface area contributed by atoms with Gasteiger partial charge in [-0.05, 0) is 31.9 Å². The van der Waals surface area contributed by atoms with E-state index in [4.69, 9.17) is 25.8 Å². The molecule has 2 heterocycles. The minimum absolute atomic E-state index is 0.442. The molecule has 0 aromatic heterocycles. The van der Waals surface area contributed by atoms with Crippen LogP contribution < -0.4 is 0 Å². The van der Waals surface area contributed by atoms with Crippen molar-refractivity contribution in [2.45, 2.75) is 36.0 Å². The molecule has 1 spiro atoms. The summed E-state index contributed by atoms with van der Waals surface area (Å²) < 4.78 is 16.3. The van der Waals surface area contributed by atoms with Crippen LogP contribution >= 0.6 is 11.6 Å². The van der Waals surface area contributed by atoms with Gasteiger partial charge in [-0.15, -0.1) is 11.6 Å². The van der Waals surface area contributed by atoms with Crippen molar-refractivity contribution in [3.8, 4) is 0 Å². The molecule has 3 aliphatic rings. The lowest BCUT2D eigenvalue weighted by Gasteiger charge is -2.38. The Labute approximate surface area is 105 Å². The van der Waals surface area contributed by atoms with E-state index in [1.165, 1.54) is 7.11 Å². The van der Waals surface area contributed by atoms with Crippen LogP contribution in [0.2, 0.25) is 0 Å². The molecule has 17 heavy (non-hydrogen) atoms. The Bertz CT molecular complexity index is 430. The van der Waals surface area contributed by atoms with Crippen molar-refractivity contribution in [3.63, 3.8) is 0 Å². The Morgan fingerprint density at radius 1 is 1.35 bits per heavy atom. The number of hydrogen-bond donors (Lipinski definition) is 0. The van der Waals surface area contributed by atoms with Crippen LogP contribution in [0.1, 0.15) is 19.8 Å². The van der Waals surface area contributed by atoms with Gasteiger partial charge in [0.15, 0.2) is 10.7 Å². The van der Waals surface area contributed by atoms with E-state index in [9.17, 15) is 4.79 Å². The minimum atomic E-state index is -1.19. The summed E-state index contributed by atoms with van der Waals surface area (Å²) in [5.41, 5.74) is -1.36. The highest BCUT2D eigenvalue weighted by atomic mass is 35.5. The van der Waals surface area contributed by atoms with Gasteiger partial charge in [-0.25, -0.2) is 0 Å². The quantitative estimate of drug-likeness (QED) is 0.429. The molecule has 94 valence electrons. The number of fused-ring (bicyclic) bond motifs is 3. The van der Waals surface area contributed by atoms with Gasteiger partial charge in [0.2, 0.25) is 0 Å². The van der Waals surface area contributed by atoms with Gasteiger partial charge in [-0.3, -0.25) is 4.79 Å². The predicted molar refractivity (Wildman–Crippen MR) is 60.6 cm³/mol. The molecule has 0 aromatic carbocycles. The first kappa shape index (κ1) is 11.5. The van der Waals surface area contributed by atoms with Gasteiger partial charge in [0.05, 0.1) is 12.5 Å². The van der Waals surface area contributed by atoms with Crippen LogP contribution in [0.3, 0.4) is 0 Å². The Hall–Kier alpha value is -0.580. The van der Waals surface area contributed by atoms with Gasteiger partial charge in [-0.2, -0.15) is 0 Å². The first-order valence-electron chi connectivity index (χ1n) is 5.64. The first-order chi connectivity index (χ1) is 7.91. The van der Waals surface area contributed by atoms with Crippen LogP contribution in [0.25, 0.3) is 0 Å². The van der Waals surface area contributed by atoms with Gasteiger partial charge in [0, 0.05) is 7.11 Å². The lowest BCUT2D eigenvalue weighted by Crippen LogP contribution is -2.57. The average molecular weight is 259 g/mol. The number of halogens is 1. The number of rotatable bonds is 2. The average Bonchev–Trinajstić information content (AvgIpc) is 3.03. The number of alkyl halides is 1. The van der Waals surface area contributed by atoms with Gasteiger partial charge >= 0.3 is 5.97 Å². The monoisotopic (exact) mass is 258 g/mol. The summed E-state index contributed by atoms with van der Waals surface area (Å²) >= 11 is 6.65. The summed E-state index contributed by atoms with van der Waals surface area (Å²) in [5, 5.41) is 0. The molecule has 3 rings (SSSR count). The SMILES string of the molecule is COC(=O)[C@@]1(Cl)C2(CC2)[C@@]2(OC)C=C[C@]1(C)O2. The van der Waals surface area contributed by atoms with Crippen LogP contribution in [0, 0.1) is 5.41 Å². The van der Waals surface area contributed by atoms with Crippen LogP contribution in [0.4, 0.5) is 0 Å². The summed E-state index contributed by atoms with van der Waals surface area (Å²) in [5.74, 6) is -1.32. The molecule has 2 aliphatic heterocycles. The number of esters is 1. The van der Waals surface area contributed by atoms with E-state index >= 15 is 0 Å². The lowest BCUT2D eigenvalue weighted by atomic mass is 9.71. The highest BCUT2D eigenvalue weighted by Gasteiger charge is 2.87. The first-order valence-corrected chi connectivity index (χ1v) is 6.02. The Morgan fingerprint density at radius 2 is 2.00 bits per heavy atom. The van der Waals surface area contributed by atoms with Gasteiger partial charge in [0.25, 0.3) is 0 Å². The highest BCUT2D eigenvalue weighted by Crippen LogP contribution is 2.76. The predicted octanol–water partition coefficient (Wildman–Crippen LogP) is 1.62. The number of hydrogen-bond acceptors (Lipinski definition) is 4. The fraction of sp³-hybridized carbons (Fsp3) is 0.750. The third-order valence-corrected chi connectivity index (χ3v) is 5.41.